The molecule has 0 spiro atoms. The van der Waals surface area contributed by atoms with Gasteiger partial charge in [-0.3, -0.25) is 4.79 Å². The minimum absolute atomic E-state index is 0.258. The molecule has 3 saturated heterocycles. The molecule has 17 atom stereocenters. The van der Waals surface area contributed by atoms with Crippen LogP contribution in [0.4, 0.5) is 0 Å². The summed E-state index contributed by atoms with van der Waals surface area (Å²) >= 11 is 0. The smallest absolute Gasteiger partial charge is 0.220 e. The van der Waals surface area contributed by atoms with Gasteiger partial charge in [0.1, 0.15) is 73.2 Å². The van der Waals surface area contributed by atoms with Crippen molar-refractivity contribution in [1.29, 1.82) is 0 Å². The Bertz CT molecular complexity index is 1300. The van der Waals surface area contributed by atoms with Gasteiger partial charge in [-0.2, -0.15) is 0 Å². The highest BCUT2D eigenvalue weighted by Crippen LogP contribution is 2.33. The first-order valence-corrected chi connectivity index (χ1v) is 25.4. The molecule has 394 valence electrons. The molecule has 19 heteroatoms. The van der Waals surface area contributed by atoms with E-state index in [0.717, 1.165) is 38.5 Å². The van der Waals surface area contributed by atoms with Gasteiger partial charge in [-0.1, -0.05) is 122 Å². The van der Waals surface area contributed by atoms with Crippen molar-refractivity contribution in [2.24, 2.45) is 0 Å². The third kappa shape index (κ3) is 20.3. The van der Waals surface area contributed by atoms with Gasteiger partial charge in [-0.25, -0.2) is 0 Å². The van der Waals surface area contributed by atoms with Crippen LogP contribution in [0.25, 0.3) is 0 Å². The van der Waals surface area contributed by atoms with Gasteiger partial charge in [0.25, 0.3) is 0 Å². The lowest BCUT2D eigenvalue weighted by Crippen LogP contribution is -2.66. The van der Waals surface area contributed by atoms with E-state index in [4.69, 9.17) is 28.4 Å². The van der Waals surface area contributed by atoms with Crippen LogP contribution in [-0.4, -0.2) is 193 Å². The van der Waals surface area contributed by atoms with Gasteiger partial charge < -0.3 is 89.9 Å². The normalized spacial score (nSPS) is 33.5. The summed E-state index contributed by atoms with van der Waals surface area (Å²) in [5.41, 5.74) is 0. The van der Waals surface area contributed by atoms with Gasteiger partial charge in [0.2, 0.25) is 5.91 Å². The van der Waals surface area contributed by atoms with Gasteiger partial charge in [-0.05, 0) is 38.5 Å². The largest absolute Gasteiger partial charge is 0.394 e. The maximum Gasteiger partial charge on any atom is 0.220 e. The Morgan fingerprint density at radius 2 is 0.940 bits per heavy atom. The SMILES string of the molecule is CCCCCCCC/C=C\CCCCCCCCCCCC(=O)NC(COC1OC(CO)C(OC2OC(CO)C(OC3OC(CO)C(O)C(O)C3O)C(O)C2O)C(O)C1O)C(O)CCCCC. The molecule has 0 saturated carbocycles. The molecule has 0 radical (unpaired) electrons. The molecule has 0 bridgehead atoms. The fourth-order valence-electron chi connectivity index (χ4n) is 8.78. The highest BCUT2D eigenvalue weighted by Gasteiger charge is 2.53. The molecular formula is C48H89NO18. The molecular weight excluding hydrogens is 879 g/mol. The van der Waals surface area contributed by atoms with Crippen molar-refractivity contribution in [3.05, 3.63) is 12.2 Å². The molecule has 1 amide bonds. The van der Waals surface area contributed by atoms with E-state index in [0.29, 0.717) is 19.3 Å². The van der Waals surface area contributed by atoms with E-state index in [-0.39, 0.29) is 18.9 Å². The molecule has 3 aliphatic rings. The Labute approximate surface area is 397 Å². The van der Waals surface area contributed by atoms with Gasteiger partial charge in [0, 0.05) is 6.42 Å². The molecule has 12 N–H and O–H groups in total. The van der Waals surface area contributed by atoms with Crippen molar-refractivity contribution >= 4 is 5.91 Å². The highest BCUT2D eigenvalue weighted by molar-refractivity contribution is 5.76. The molecule has 17 unspecified atom stereocenters. The predicted molar refractivity (Wildman–Crippen MR) is 245 cm³/mol. The Balaban J connectivity index is 1.43. The van der Waals surface area contributed by atoms with Crippen LogP contribution in [0.2, 0.25) is 0 Å². The van der Waals surface area contributed by atoms with Gasteiger partial charge in [0.05, 0.1) is 38.6 Å². The maximum atomic E-state index is 13.1. The second-order valence-electron chi connectivity index (χ2n) is 18.6. The van der Waals surface area contributed by atoms with Crippen LogP contribution in [-0.2, 0) is 33.2 Å². The fourth-order valence-corrected chi connectivity index (χ4v) is 8.78. The van der Waals surface area contributed by atoms with Crippen molar-refractivity contribution in [3.8, 4) is 0 Å². The quantitative estimate of drug-likeness (QED) is 0.0316. The number of aliphatic hydroxyl groups is 11. The number of hydrogen-bond acceptors (Lipinski definition) is 18. The lowest BCUT2D eigenvalue weighted by atomic mass is 9.96. The fraction of sp³-hybridized carbons (Fsp3) is 0.938. The predicted octanol–water partition coefficient (Wildman–Crippen LogP) is 1.48. The van der Waals surface area contributed by atoms with Crippen molar-refractivity contribution in [2.45, 2.75) is 259 Å². The van der Waals surface area contributed by atoms with Crippen LogP contribution in [0.3, 0.4) is 0 Å². The molecule has 67 heavy (non-hydrogen) atoms. The monoisotopic (exact) mass is 968 g/mol. The number of rotatable bonds is 35. The molecule has 3 aliphatic heterocycles. The van der Waals surface area contributed by atoms with Crippen molar-refractivity contribution in [3.63, 3.8) is 0 Å². The minimum atomic E-state index is -1.97. The highest BCUT2D eigenvalue weighted by atomic mass is 16.8. The summed E-state index contributed by atoms with van der Waals surface area (Å²) in [4.78, 5) is 13.1. The summed E-state index contributed by atoms with van der Waals surface area (Å²) in [6.07, 6.45) is 1.55. The number of carbonyl (C=O) groups is 1. The van der Waals surface area contributed by atoms with E-state index in [2.05, 4.69) is 24.4 Å². The number of unbranched alkanes of at least 4 members (excludes halogenated alkanes) is 17. The van der Waals surface area contributed by atoms with E-state index in [1.165, 1.54) is 77.0 Å². The number of amides is 1. The van der Waals surface area contributed by atoms with E-state index < -0.39 is 124 Å². The van der Waals surface area contributed by atoms with E-state index in [1.807, 2.05) is 6.92 Å². The topological polar surface area (TPSA) is 307 Å². The van der Waals surface area contributed by atoms with Crippen LogP contribution < -0.4 is 5.32 Å². The van der Waals surface area contributed by atoms with Gasteiger partial charge in [-0.15, -0.1) is 0 Å². The number of hydrogen-bond donors (Lipinski definition) is 12. The second kappa shape index (κ2) is 34.0. The van der Waals surface area contributed by atoms with Crippen molar-refractivity contribution in [1.82, 2.24) is 5.32 Å². The average molecular weight is 968 g/mol. The number of carbonyl (C=O) groups excluding carboxylic acids is 1. The van der Waals surface area contributed by atoms with E-state index >= 15 is 0 Å². The Morgan fingerprint density at radius 1 is 0.522 bits per heavy atom. The Morgan fingerprint density at radius 3 is 1.45 bits per heavy atom. The summed E-state index contributed by atoms with van der Waals surface area (Å²) in [5, 5.41) is 119. The van der Waals surface area contributed by atoms with E-state index in [1.54, 1.807) is 0 Å². The molecule has 19 nitrogen and oxygen atoms in total. The van der Waals surface area contributed by atoms with Crippen LogP contribution in [0, 0.1) is 0 Å². The van der Waals surface area contributed by atoms with E-state index in [9.17, 15) is 61.0 Å². The zero-order chi connectivity index (χ0) is 49.1. The summed E-state index contributed by atoms with van der Waals surface area (Å²) < 4.78 is 33.9. The Hall–Kier alpha value is -1.47. The first-order valence-electron chi connectivity index (χ1n) is 25.4. The lowest BCUT2D eigenvalue weighted by molar-refractivity contribution is -0.379. The second-order valence-corrected chi connectivity index (χ2v) is 18.6. The van der Waals surface area contributed by atoms with Gasteiger partial charge in [0.15, 0.2) is 18.9 Å². The number of nitrogens with one attached hydrogen (secondary N) is 1. The summed E-state index contributed by atoms with van der Waals surface area (Å²) in [6.45, 7) is 1.57. The molecule has 0 aromatic heterocycles. The van der Waals surface area contributed by atoms with Gasteiger partial charge >= 0.3 is 0 Å². The summed E-state index contributed by atoms with van der Waals surface area (Å²) in [7, 11) is 0. The number of allylic oxidation sites excluding steroid dienone is 2. The summed E-state index contributed by atoms with van der Waals surface area (Å²) in [5.74, 6) is -0.258. The standard InChI is InChI=1S/C48H89NO18/c1-3-5-7-8-9-10-11-12-13-14-15-16-17-18-19-20-21-22-24-26-36(54)49-31(32(53)25-23-6-4-2)30-62-46-42(60)39(57)44(34(28-51)64-46)67-48-43(61)40(58)45(35(29-52)65-48)66-47-41(59)38(56)37(55)33(27-50)63-47/h12-13,31-35,37-48,50-53,55-61H,3-11,14-30H2,1-2H3,(H,49,54)/b13-12-. The van der Waals surface area contributed by atoms with Crippen molar-refractivity contribution < 1.29 is 89.4 Å². The molecule has 0 aromatic rings. The zero-order valence-electron chi connectivity index (χ0n) is 40.1. The third-order valence-electron chi connectivity index (χ3n) is 13.1. The number of aliphatic hydroxyl groups excluding tert-OH is 11. The molecule has 0 aliphatic carbocycles. The zero-order valence-corrected chi connectivity index (χ0v) is 40.1. The first kappa shape index (κ1) is 59.8. The maximum absolute atomic E-state index is 13.1. The molecule has 3 heterocycles. The third-order valence-corrected chi connectivity index (χ3v) is 13.1. The molecule has 0 aromatic carbocycles. The summed E-state index contributed by atoms with van der Waals surface area (Å²) in [6, 6.07) is -0.879. The first-order chi connectivity index (χ1) is 32.3. The van der Waals surface area contributed by atoms with Crippen LogP contribution in [0.1, 0.15) is 155 Å². The lowest BCUT2D eigenvalue weighted by Gasteiger charge is -2.48. The van der Waals surface area contributed by atoms with Crippen molar-refractivity contribution in [2.75, 3.05) is 26.4 Å². The Kier molecular flexibility index (Phi) is 30.4. The van der Waals surface area contributed by atoms with Crippen LogP contribution in [0.5, 0.6) is 0 Å². The number of ether oxygens (including phenoxy) is 6. The average Bonchev–Trinajstić information content (AvgIpc) is 3.32. The molecule has 3 fully saturated rings. The van der Waals surface area contributed by atoms with Crippen LogP contribution >= 0.6 is 0 Å². The molecule has 3 rings (SSSR count). The van der Waals surface area contributed by atoms with Crippen LogP contribution in [0.15, 0.2) is 12.2 Å². The minimum Gasteiger partial charge on any atom is -0.394 e.